The lowest BCUT2D eigenvalue weighted by Gasteiger charge is -2.26. The summed E-state index contributed by atoms with van der Waals surface area (Å²) in [6, 6.07) is 11.1. The van der Waals surface area contributed by atoms with E-state index in [0.29, 0.717) is 54.6 Å². The maximum Gasteiger partial charge on any atom is 0.243 e. The first-order chi connectivity index (χ1) is 17.2. The number of amides is 1. The Hall–Kier alpha value is -3.61. The molecule has 0 aliphatic carbocycles. The van der Waals surface area contributed by atoms with E-state index in [9.17, 15) is 22.0 Å². The number of nitrogens with one attached hydrogen (secondary N) is 2. The van der Waals surface area contributed by atoms with E-state index in [1.807, 2.05) is 0 Å². The Morgan fingerprint density at radius 1 is 1.06 bits per heavy atom. The van der Waals surface area contributed by atoms with Crippen molar-refractivity contribution in [2.75, 3.05) is 36.9 Å². The predicted molar refractivity (Wildman–Crippen MR) is 130 cm³/mol. The molecule has 1 fully saturated rings. The van der Waals surface area contributed by atoms with Crippen molar-refractivity contribution in [3.63, 3.8) is 0 Å². The third kappa shape index (κ3) is 6.33. The maximum atomic E-state index is 13.5. The summed E-state index contributed by atoms with van der Waals surface area (Å²) in [5.74, 6) is -1.55. The van der Waals surface area contributed by atoms with Gasteiger partial charge in [-0.3, -0.25) is 4.79 Å². The number of carbonyl (C=O) groups excluding carboxylic acids is 1. The zero-order chi connectivity index (χ0) is 25.7. The van der Waals surface area contributed by atoms with Gasteiger partial charge in [-0.15, -0.1) is 0 Å². The van der Waals surface area contributed by atoms with Gasteiger partial charge in [0.1, 0.15) is 17.5 Å². The van der Waals surface area contributed by atoms with E-state index in [2.05, 4.69) is 15.6 Å². The Labute approximate surface area is 207 Å². The van der Waals surface area contributed by atoms with E-state index in [1.54, 1.807) is 18.2 Å². The summed E-state index contributed by atoms with van der Waals surface area (Å²) in [4.78, 5) is 15.9. The number of morpholine rings is 1. The number of nitrogens with zero attached hydrogens (tertiary/aromatic N) is 2. The smallest absolute Gasteiger partial charge is 0.243 e. The quantitative estimate of drug-likeness (QED) is 0.398. The Morgan fingerprint density at radius 3 is 2.36 bits per heavy atom. The molecule has 2 aromatic carbocycles. The second-order valence-electron chi connectivity index (χ2n) is 8.17. The third-order valence-corrected chi connectivity index (χ3v) is 7.40. The number of halogens is 2. The molecule has 4 rings (SSSR count). The van der Waals surface area contributed by atoms with Crippen LogP contribution in [-0.4, -0.2) is 49.9 Å². The van der Waals surface area contributed by atoms with Crippen molar-refractivity contribution >= 4 is 33.1 Å². The topological polar surface area (TPSA) is 127 Å². The van der Waals surface area contributed by atoms with Gasteiger partial charge >= 0.3 is 0 Å². The fourth-order valence-corrected chi connectivity index (χ4v) is 5.16. The largest absolute Gasteiger partial charge is 0.381 e. The number of carbonyl (C=O) groups is 1. The van der Waals surface area contributed by atoms with Gasteiger partial charge in [-0.25, -0.2) is 22.2 Å². The Bertz CT molecular complexity index is 1330. The average Bonchev–Trinajstić information content (AvgIpc) is 2.84. The van der Waals surface area contributed by atoms with E-state index >= 15 is 0 Å². The maximum absolute atomic E-state index is 13.5. The minimum Gasteiger partial charge on any atom is -0.381 e. The molecule has 1 amide bonds. The van der Waals surface area contributed by atoms with Crippen molar-refractivity contribution < 1.29 is 26.7 Å². The van der Waals surface area contributed by atoms with Gasteiger partial charge in [0.15, 0.2) is 0 Å². The molecule has 3 aromatic rings. The molecule has 4 N–H and O–H groups in total. The summed E-state index contributed by atoms with van der Waals surface area (Å²) in [5, 5.41) is 6.15. The van der Waals surface area contributed by atoms with Crippen LogP contribution in [0, 0.1) is 11.6 Å². The second-order valence-corrected chi connectivity index (χ2v) is 10.1. The van der Waals surface area contributed by atoms with E-state index < -0.39 is 27.6 Å². The molecule has 2 heterocycles. The van der Waals surface area contributed by atoms with Crippen LogP contribution in [0.1, 0.15) is 11.1 Å². The average molecular weight is 518 g/mol. The number of nitrogens with two attached hydrogens (primary N) is 1. The summed E-state index contributed by atoms with van der Waals surface area (Å²) in [6.07, 6.45) is 1.39. The molecular formula is C24H25F2N5O4S. The fourth-order valence-electron chi connectivity index (χ4n) is 3.75. The van der Waals surface area contributed by atoms with E-state index in [0.717, 1.165) is 6.07 Å². The van der Waals surface area contributed by atoms with Gasteiger partial charge in [0.2, 0.25) is 15.9 Å². The number of sulfonamides is 1. The molecule has 0 spiro atoms. The number of ether oxygens (including phenoxy) is 1. The van der Waals surface area contributed by atoms with Crippen LogP contribution < -0.4 is 16.4 Å². The lowest BCUT2D eigenvalue weighted by atomic mass is 10.1. The lowest BCUT2D eigenvalue weighted by Crippen LogP contribution is -2.40. The van der Waals surface area contributed by atoms with Crippen molar-refractivity contribution in [2.45, 2.75) is 17.9 Å². The number of hydrogen-bond acceptors (Lipinski definition) is 7. The first kappa shape index (κ1) is 25.5. The van der Waals surface area contributed by atoms with Gasteiger partial charge in [-0.2, -0.15) is 4.31 Å². The van der Waals surface area contributed by atoms with Gasteiger partial charge in [-0.05, 0) is 42.0 Å². The van der Waals surface area contributed by atoms with Crippen molar-refractivity contribution in [1.29, 1.82) is 0 Å². The Morgan fingerprint density at radius 2 is 1.72 bits per heavy atom. The highest BCUT2D eigenvalue weighted by molar-refractivity contribution is 7.89. The van der Waals surface area contributed by atoms with E-state index in [1.165, 1.54) is 34.8 Å². The molecule has 0 unspecified atom stereocenters. The van der Waals surface area contributed by atoms with Crippen LogP contribution in [0.3, 0.4) is 0 Å². The van der Waals surface area contributed by atoms with E-state index in [4.69, 9.17) is 10.5 Å². The molecule has 12 heteroatoms. The Kier molecular flexibility index (Phi) is 7.77. The first-order valence-electron chi connectivity index (χ1n) is 11.1. The zero-order valence-corrected chi connectivity index (χ0v) is 20.0. The molecule has 0 bridgehead atoms. The summed E-state index contributed by atoms with van der Waals surface area (Å²) in [5.41, 5.74) is 7.31. The van der Waals surface area contributed by atoms with Crippen LogP contribution in [0.2, 0.25) is 0 Å². The minimum absolute atomic E-state index is 0.0821. The van der Waals surface area contributed by atoms with Crippen LogP contribution in [0.25, 0.3) is 0 Å². The molecule has 0 saturated carbocycles. The highest BCUT2D eigenvalue weighted by atomic mass is 32.2. The SMILES string of the molecule is NC(=O)Cc1cnc(Nc2ccc(S(=O)(=O)N3CCOCC3)cc2)cc1NCc1cc(F)cc(F)c1. The van der Waals surface area contributed by atoms with Crippen LogP contribution in [-0.2, 0) is 32.5 Å². The van der Waals surface area contributed by atoms with Gasteiger partial charge in [-0.1, -0.05) is 0 Å². The minimum atomic E-state index is -3.61. The first-order valence-corrected chi connectivity index (χ1v) is 12.6. The highest BCUT2D eigenvalue weighted by Crippen LogP contribution is 2.25. The number of hydrogen-bond donors (Lipinski definition) is 3. The zero-order valence-electron chi connectivity index (χ0n) is 19.2. The van der Waals surface area contributed by atoms with Crippen LogP contribution in [0.15, 0.2) is 59.6 Å². The summed E-state index contributed by atoms with van der Waals surface area (Å²) in [7, 11) is -3.61. The second kappa shape index (κ2) is 11.0. The standard InChI is InChI=1S/C24H25F2N5O4S/c25-18-9-16(10-19(26)12-18)14-28-22-13-24(29-15-17(22)11-23(27)32)30-20-1-3-21(4-2-20)36(33,34)31-5-7-35-8-6-31/h1-4,9-10,12-13,15H,5-8,11,14H2,(H2,27,32)(H2,28,29,30). The predicted octanol–water partition coefficient (Wildman–Crippen LogP) is 2.76. The number of rotatable bonds is 9. The van der Waals surface area contributed by atoms with Crippen molar-refractivity contribution in [3.05, 3.63) is 77.5 Å². The molecule has 36 heavy (non-hydrogen) atoms. The Balaban J connectivity index is 1.51. The highest BCUT2D eigenvalue weighted by Gasteiger charge is 2.26. The van der Waals surface area contributed by atoms with Crippen molar-refractivity contribution in [1.82, 2.24) is 9.29 Å². The van der Waals surface area contributed by atoms with Crippen molar-refractivity contribution in [2.24, 2.45) is 5.73 Å². The van der Waals surface area contributed by atoms with Crippen molar-refractivity contribution in [3.8, 4) is 0 Å². The monoisotopic (exact) mass is 517 g/mol. The fraction of sp³-hybridized carbons (Fsp3) is 0.250. The normalized spacial score (nSPS) is 14.4. The molecular weight excluding hydrogens is 492 g/mol. The molecule has 1 saturated heterocycles. The number of pyridine rings is 1. The number of anilines is 3. The lowest BCUT2D eigenvalue weighted by molar-refractivity contribution is -0.117. The van der Waals surface area contributed by atoms with Gasteiger partial charge < -0.3 is 21.1 Å². The van der Waals surface area contributed by atoms with Crippen LogP contribution in [0.4, 0.5) is 26.0 Å². The van der Waals surface area contributed by atoms with Gasteiger partial charge in [0.25, 0.3) is 0 Å². The molecule has 0 atom stereocenters. The molecule has 190 valence electrons. The molecule has 0 radical (unpaired) electrons. The van der Waals surface area contributed by atoms with Gasteiger partial charge in [0.05, 0.1) is 24.5 Å². The summed E-state index contributed by atoms with van der Waals surface area (Å²) in [6.45, 7) is 1.43. The number of aromatic nitrogens is 1. The number of benzene rings is 2. The van der Waals surface area contributed by atoms with Gasteiger partial charge in [0, 0.05) is 54.9 Å². The molecule has 1 aromatic heterocycles. The number of primary amides is 1. The van der Waals surface area contributed by atoms with E-state index in [-0.39, 0.29) is 17.9 Å². The summed E-state index contributed by atoms with van der Waals surface area (Å²) < 4.78 is 59.3. The van der Waals surface area contributed by atoms with Crippen LogP contribution in [0.5, 0.6) is 0 Å². The third-order valence-electron chi connectivity index (χ3n) is 5.49. The molecule has 1 aliphatic rings. The molecule has 9 nitrogen and oxygen atoms in total. The summed E-state index contributed by atoms with van der Waals surface area (Å²) >= 11 is 0. The molecule has 1 aliphatic heterocycles. The van der Waals surface area contributed by atoms with Crippen LogP contribution >= 0.6 is 0 Å².